The lowest BCUT2D eigenvalue weighted by molar-refractivity contribution is -0.120. The van der Waals surface area contributed by atoms with E-state index in [-0.39, 0.29) is 22.8 Å². The number of allylic oxidation sites excluding steroid dienone is 1. The van der Waals surface area contributed by atoms with Crippen LogP contribution in [-0.2, 0) is 4.79 Å². The van der Waals surface area contributed by atoms with Crippen molar-refractivity contribution in [3.8, 4) is 0 Å². The maximum absolute atomic E-state index is 13.1. The van der Waals surface area contributed by atoms with Gasteiger partial charge < -0.3 is 5.32 Å². The van der Waals surface area contributed by atoms with Gasteiger partial charge in [0.2, 0.25) is 5.91 Å². The Kier molecular flexibility index (Phi) is 7.53. The molecule has 0 aliphatic heterocycles. The molecule has 1 aliphatic carbocycles. The summed E-state index contributed by atoms with van der Waals surface area (Å²) in [4.78, 5) is 30.4. The summed E-state index contributed by atoms with van der Waals surface area (Å²) in [6.45, 7) is 6.61. The van der Waals surface area contributed by atoms with Crippen LogP contribution in [0.3, 0.4) is 0 Å². The third-order valence-electron chi connectivity index (χ3n) is 5.59. The molecule has 1 N–H and O–H groups in total. The van der Waals surface area contributed by atoms with Crippen LogP contribution < -0.4 is 10.9 Å². The standard InChI is InChI=1S/C23H31N3O2S/c1-4-16(2)26-22(28)19-12-8-9-13-20(19)25-23(26)29-17(3)21(27)24-15-14-18-10-6-5-7-11-18/h8-10,12-13,16-17H,4-7,11,14-15H2,1-3H3,(H,24,27)/t16-,17+/m1/s1. The summed E-state index contributed by atoms with van der Waals surface area (Å²) in [6.07, 6.45) is 8.92. The number of nitrogens with one attached hydrogen (secondary N) is 1. The Morgan fingerprint density at radius 1 is 1.28 bits per heavy atom. The molecule has 2 atom stereocenters. The lowest BCUT2D eigenvalue weighted by Gasteiger charge is -2.20. The molecule has 0 radical (unpaired) electrons. The smallest absolute Gasteiger partial charge is 0.262 e. The summed E-state index contributed by atoms with van der Waals surface area (Å²) < 4.78 is 1.74. The van der Waals surface area contributed by atoms with Crippen LogP contribution in [0.5, 0.6) is 0 Å². The zero-order valence-electron chi connectivity index (χ0n) is 17.6. The molecule has 0 fully saturated rings. The number of amides is 1. The third-order valence-corrected chi connectivity index (χ3v) is 6.66. The van der Waals surface area contributed by atoms with E-state index in [1.54, 1.807) is 4.57 Å². The first-order valence-electron chi connectivity index (χ1n) is 10.6. The Morgan fingerprint density at radius 3 is 2.79 bits per heavy atom. The number of thioether (sulfide) groups is 1. The van der Waals surface area contributed by atoms with E-state index in [9.17, 15) is 9.59 Å². The van der Waals surface area contributed by atoms with E-state index < -0.39 is 0 Å². The quantitative estimate of drug-likeness (QED) is 0.381. The average molecular weight is 414 g/mol. The lowest BCUT2D eigenvalue weighted by atomic mass is 9.97. The van der Waals surface area contributed by atoms with Gasteiger partial charge in [-0.3, -0.25) is 14.2 Å². The zero-order valence-corrected chi connectivity index (χ0v) is 18.4. The minimum atomic E-state index is -0.321. The zero-order chi connectivity index (χ0) is 20.8. The van der Waals surface area contributed by atoms with E-state index >= 15 is 0 Å². The average Bonchev–Trinajstić information content (AvgIpc) is 2.74. The molecule has 1 heterocycles. The van der Waals surface area contributed by atoms with Gasteiger partial charge in [-0.15, -0.1) is 0 Å². The summed E-state index contributed by atoms with van der Waals surface area (Å²) in [7, 11) is 0. The molecule has 3 rings (SSSR count). The highest BCUT2D eigenvalue weighted by atomic mass is 32.2. The topological polar surface area (TPSA) is 64.0 Å². The Bertz CT molecular complexity index is 951. The first-order valence-corrected chi connectivity index (χ1v) is 11.5. The number of benzene rings is 1. The van der Waals surface area contributed by atoms with Gasteiger partial charge in [-0.05, 0) is 64.5 Å². The van der Waals surface area contributed by atoms with Crippen LogP contribution in [0.25, 0.3) is 10.9 Å². The van der Waals surface area contributed by atoms with Crippen LogP contribution in [0, 0.1) is 0 Å². The molecule has 5 nitrogen and oxygen atoms in total. The van der Waals surface area contributed by atoms with Gasteiger partial charge in [0.15, 0.2) is 5.16 Å². The highest BCUT2D eigenvalue weighted by Crippen LogP contribution is 2.26. The SMILES string of the molecule is CC[C@@H](C)n1c(S[C@@H](C)C(=O)NCCC2=CCCCC2)nc2ccccc2c1=O. The van der Waals surface area contributed by atoms with E-state index in [4.69, 9.17) is 4.98 Å². The number of para-hydroxylation sites is 1. The molecule has 0 unspecified atom stereocenters. The van der Waals surface area contributed by atoms with Crippen LogP contribution in [0.2, 0.25) is 0 Å². The van der Waals surface area contributed by atoms with Gasteiger partial charge in [0.05, 0.1) is 16.2 Å². The summed E-state index contributed by atoms with van der Waals surface area (Å²) in [5.74, 6) is -0.00971. The molecule has 1 amide bonds. The lowest BCUT2D eigenvalue weighted by Crippen LogP contribution is -2.33. The van der Waals surface area contributed by atoms with Crippen molar-refractivity contribution in [3.63, 3.8) is 0 Å². The highest BCUT2D eigenvalue weighted by molar-refractivity contribution is 8.00. The number of aromatic nitrogens is 2. The Labute approximate surface area is 177 Å². The molecule has 0 saturated carbocycles. The number of rotatable bonds is 8. The second kappa shape index (κ2) is 10.1. The van der Waals surface area contributed by atoms with E-state index in [2.05, 4.69) is 18.3 Å². The maximum atomic E-state index is 13.1. The molecule has 1 aromatic carbocycles. The van der Waals surface area contributed by atoms with Crippen LogP contribution in [-0.4, -0.2) is 27.3 Å². The summed E-state index contributed by atoms with van der Waals surface area (Å²) >= 11 is 1.36. The van der Waals surface area contributed by atoms with Crippen molar-refractivity contribution in [2.24, 2.45) is 0 Å². The Morgan fingerprint density at radius 2 is 2.07 bits per heavy atom. The Balaban J connectivity index is 1.73. The molecule has 2 aromatic rings. The molecular formula is C23H31N3O2S. The fourth-order valence-corrected chi connectivity index (χ4v) is 4.65. The predicted molar refractivity (Wildman–Crippen MR) is 121 cm³/mol. The van der Waals surface area contributed by atoms with Crippen LogP contribution >= 0.6 is 11.8 Å². The molecule has 0 spiro atoms. The number of hydrogen-bond donors (Lipinski definition) is 1. The van der Waals surface area contributed by atoms with Gasteiger partial charge in [0.25, 0.3) is 5.56 Å². The van der Waals surface area contributed by atoms with Gasteiger partial charge in [-0.2, -0.15) is 0 Å². The van der Waals surface area contributed by atoms with Gasteiger partial charge in [-0.1, -0.05) is 42.5 Å². The first-order chi connectivity index (χ1) is 14.0. The first kappa shape index (κ1) is 21.6. The van der Waals surface area contributed by atoms with Crippen molar-refractivity contribution >= 4 is 28.6 Å². The number of fused-ring (bicyclic) bond motifs is 1. The van der Waals surface area contributed by atoms with Gasteiger partial charge >= 0.3 is 0 Å². The molecule has 29 heavy (non-hydrogen) atoms. The van der Waals surface area contributed by atoms with Crippen molar-refractivity contribution < 1.29 is 4.79 Å². The molecular weight excluding hydrogens is 382 g/mol. The molecule has 1 aromatic heterocycles. The Hall–Kier alpha value is -2.08. The minimum Gasteiger partial charge on any atom is -0.355 e. The third kappa shape index (κ3) is 5.30. The van der Waals surface area contributed by atoms with Crippen molar-refractivity contribution in [1.82, 2.24) is 14.9 Å². The summed E-state index contributed by atoms with van der Waals surface area (Å²) in [5.41, 5.74) is 2.10. The summed E-state index contributed by atoms with van der Waals surface area (Å²) in [6, 6.07) is 7.43. The second-order valence-electron chi connectivity index (χ2n) is 7.75. The van der Waals surface area contributed by atoms with Gasteiger partial charge in [0.1, 0.15) is 0 Å². The fourth-order valence-electron chi connectivity index (χ4n) is 3.61. The van der Waals surface area contributed by atoms with Crippen molar-refractivity contribution in [1.29, 1.82) is 0 Å². The normalized spacial score (nSPS) is 16.3. The monoisotopic (exact) mass is 413 g/mol. The van der Waals surface area contributed by atoms with E-state index in [0.717, 1.165) is 25.7 Å². The highest BCUT2D eigenvalue weighted by Gasteiger charge is 2.21. The van der Waals surface area contributed by atoms with Crippen LogP contribution in [0.4, 0.5) is 0 Å². The molecule has 0 bridgehead atoms. The number of nitrogens with zero attached hydrogens (tertiary/aromatic N) is 2. The summed E-state index contributed by atoms with van der Waals surface area (Å²) in [5, 5.41) is 3.96. The van der Waals surface area contributed by atoms with E-state index in [1.807, 2.05) is 38.1 Å². The second-order valence-corrected chi connectivity index (χ2v) is 9.06. The number of carbonyl (C=O) groups is 1. The fraction of sp³-hybridized carbons (Fsp3) is 0.522. The van der Waals surface area contributed by atoms with Crippen molar-refractivity contribution in [2.75, 3.05) is 6.54 Å². The molecule has 156 valence electrons. The van der Waals surface area contributed by atoms with Gasteiger partial charge in [0, 0.05) is 12.6 Å². The largest absolute Gasteiger partial charge is 0.355 e. The van der Waals surface area contributed by atoms with Crippen LogP contribution in [0.1, 0.15) is 65.3 Å². The van der Waals surface area contributed by atoms with Crippen molar-refractivity contribution in [3.05, 3.63) is 46.3 Å². The molecule has 1 aliphatic rings. The molecule has 6 heteroatoms. The van der Waals surface area contributed by atoms with Gasteiger partial charge in [-0.25, -0.2) is 4.98 Å². The maximum Gasteiger partial charge on any atom is 0.262 e. The van der Waals surface area contributed by atoms with E-state index in [0.29, 0.717) is 22.6 Å². The van der Waals surface area contributed by atoms with Crippen LogP contribution in [0.15, 0.2) is 45.9 Å². The van der Waals surface area contributed by atoms with E-state index in [1.165, 1.54) is 30.2 Å². The minimum absolute atomic E-state index is 0.00971. The number of carbonyl (C=O) groups excluding carboxylic acids is 1. The molecule has 0 saturated heterocycles. The van der Waals surface area contributed by atoms with Crippen molar-refractivity contribution in [2.45, 2.75) is 75.7 Å². The number of hydrogen-bond acceptors (Lipinski definition) is 4. The predicted octanol–water partition coefficient (Wildman–Crippen LogP) is 4.85.